The molecule has 0 fully saturated rings. The molecule has 0 spiro atoms. The van der Waals surface area contributed by atoms with Crippen LogP contribution in [0.25, 0.3) is 0 Å². The van der Waals surface area contributed by atoms with Gasteiger partial charge in [-0.05, 0) is 88.2 Å². The second-order valence-corrected chi connectivity index (χ2v) is 14.9. The van der Waals surface area contributed by atoms with Crippen molar-refractivity contribution in [2.75, 3.05) is 17.4 Å². The number of carbonyl (C=O) groups is 2. The van der Waals surface area contributed by atoms with Crippen molar-refractivity contribution in [2.24, 2.45) is 5.92 Å². The van der Waals surface area contributed by atoms with Crippen LogP contribution in [-0.2, 0) is 32.6 Å². The molecule has 4 aromatic carbocycles. The molecule has 4 rings (SSSR count). The standard InChI is InChI=1S/C34H34Cl2IN3O4S/c1-24(2)21-38-34(42)32(19-25-9-5-3-6-10-25)39(22-26-13-14-27(35)20-31(26)36)33(41)23-40(29-17-15-28(37)16-18-29)45(43,44)30-11-7-4-8-12-30/h3-18,20,24,32H,19,21-23H2,1-2H3,(H,38,42)/t32-/m1/s1. The van der Waals surface area contributed by atoms with Crippen LogP contribution >= 0.6 is 45.8 Å². The highest BCUT2D eigenvalue weighted by molar-refractivity contribution is 14.1. The van der Waals surface area contributed by atoms with Crippen molar-refractivity contribution in [3.63, 3.8) is 0 Å². The molecule has 0 aliphatic rings. The number of nitrogens with zero attached hydrogens (tertiary/aromatic N) is 2. The molecule has 0 unspecified atom stereocenters. The predicted molar refractivity (Wildman–Crippen MR) is 189 cm³/mol. The number of benzene rings is 4. The fraction of sp³-hybridized carbons (Fsp3) is 0.235. The Balaban J connectivity index is 1.81. The van der Waals surface area contributed by atoms with E-state index in [2.05, 4.69) is 27.9 Å². The van der Waals surface area contributed by atoms with Crippen LogP contribution in [0.2, 0.25) is 10.0 Å². The molecule has 11 heteroatoms. The molecule has 45 heavy (non-hydrogen) atoms. The van der Waals surface area contributed by atoms with Crippen LogP contribution < -0.4 is 9.62 Å². The zero-order chi connectivity index (χ0) is 32.6. The molecule has 0 radical (unpaired) electrons. The molecule has 236 valence electrons. The van der Waals surface area contributed by atoms with Crippen molar-refractivity contribution in [3.05, 3.63) is 128 Å². The van der Waals surface area contributed by atoms with Gasteiger partial charge in [0.1, 0.15) is 12.6 Å². The number of carbonyl (C=O) groups excluding carboxylic acids is 2. The van der Waals surface area contributed by atoms with Crippen molar-refractivity contribution >= 4 is 73.3 Å². The summed E-state index contributed by atoms with van der Waals surface area (Å²) in [7, 11) is -4.17. The maximum Gasteiger partial charge on any atom is 0.264 e. The third-order valence-corrected chi connectivity index (χ3v) is 10.1. The van der Waals surface area contributed by atoms with E-state index in [-0.39, 0.29) is 29.7 Å². The lowest BCUT2D eigenvalue weighted by Gasteiger charge is -2.34. The molecule has 4 aromatic rings. The number of amides is 2. The molecule has 0 saturated heterocycles. The van der Waals surface area contributed by atoms with Crippen molar-refractivity contribution in [3.8, 4) is 0 Å². The Bertz CT molecular complexity index is 1710. The largest absolute Gasteiger partial charge is 0.354 e. The Morgan fingerprint density at radius 1 is 0.867 bits per heavy atom. The van der Waals surface area contributed by atoms with E-state index < -0.39 is 28.5 Å². The lowest BCUT2D eigenvalue weighted by atomic mass is 10.0. The number of nitrogens with one attached hydrogen (secondary N) is 1. The number of sulfonamides is 1. The lowest BCUT2D eigenvalue weighted by Crippen LogP contribution is -2.53. The summed E-state index contributed by atoms with van der Waals surface area (Å²) in [4.78, 5) is 29.8. The molecule has 0 aromatic heterocycles. The van der Waals surface area contributed by atoms with Gasteiger partial charge in [0.2, 0.25) is 11.8 Å². The highest BCUT2D eigenvalue weighted by Gasteiger charge is 2.35. The van der Waals surface area contributed by atoms with Crippen molar-refractivity contribution < 1.29 is 18.0 Å². The van der Waals surface area contributed by atoms with Gasteiger partial charge >= 0.3 is 0 Å². The quantitative estimate of drug-likeness (QED) is 0.146. The normalized spacial score (nSPS) is 12.0. The van der Waals surface area contributed by atoms with Gasteiger partial charge in [-0.15, -0.1) is 0 Å². The summed E-state index contributed by atoms with van der Waals surface area (Å²) in [5.41, 5.74) is 1.73. The Kier molecular flexibility index (Phi) is 12.3. The maximum absolute atomic E-state index is 14.5. The summed E-state index contributed by atoms with van der Waals surface area (Å²) >= 11 is 14.9. The maximum atomic E-state index is 14.5. The summed E-state index contributed by atoms with van der Waals surface area (Å²) in [6, 6.07) is 28.2. The summed E-state index contributed by atoms with van der Waals surface area (Å²) in [5, 5.41) is 3.73. The van der Waals surface area contributed by atoms with E-state index in [0.29, 0.717) is 27.8 Å². The third kappa shape index (κ3) is 9.45. The number of hydrogen-bond donors (Lipinski definition) is 1. The van der Waals surface area contributed by atoms with Crippen LogP contribution in [0.5, 0.6) is 0 Å². The van der Waals surface area contributed by atoms with Crippen molar-refractivity contribution in [1.82, 2.24) is 10.2 Å². The van der Waals surface area contributed by atoms with Gasteiger partial charge in [0.05, 0.1) is 10.6 Å². The van der Waals surface area contributed by atoms with Crippen LogP contribution in [0.15, 0.2) is 108 Å². The Morgan fingerprint density at radius 2 is 1.49 bits per heavy atom. The average Bonchev–Trinajstić information content (AvgIpc) is 3.02. The van der Waals surface area contributed by atoms with Gasteiger partial charge in [-0.2, -0.15) is 0 Å². The lowest BCUT2D eigenvalue weighted by molar-refractivity contribution is -0.140. The molecular formula is C34H34Cl2IN3O4S. The van der Waals surface area contributed by atoms with E-state index in [4.69, 9.17) is 23.2 Å². The molecule has 1 N–H and O–H groups in total. The SMILES string of the molecule is CC(C)CNC(=O)[C@@H](Cc1ccccc1)N(Cc1ccc(Cl)cc1Cl)C(=O)CN(c1ccc(I)cc1)S(=O)(=O)c1ccccc1. The highest BCUT2D eigenvalue weighted by Crippen LogP contribution is 2.27. The van der Waals surface area contributed by atoms with Gasteiger partial charge in [-0.3, -0.25) is 13.9 Å². The molecule has 1 atom stereocenters. The van der Waals surface area contributed by atoms with Crippen LogP contribution in [0.1, 0.15) is 25.0 Å². The monoisotopic (exact) mass is 777 g/mol. The minimum atomic E-state index is -4.17. The predicted octanol–water partition coefficient (Wildman–Crippen LogP) is 7.21. The minimum Gasteiger partial charge on any atom is -0.354 e. The summed E-state index contributed by atoms with van der Waals surface area (Å²) in [6.07, 6.45) is 0.205. The molecule has 0 aliphatic heterocycles. The number of hydrogen-bond acceptors (Lipinski definition) is 4. The minimum absolute atomic E-state index is 0.0409. The smallest absolute Gasteiger partial charge is 0.264 e. The van der Waals surface area contributed by atoms with E-state index in [1.54, 1.807) is 60.7 Å². The van der Waals surface area contributed by atoms with Gasteiger partial charge in [0.15, 0.2) is 0 Å². The number of rotatable bonds is 13. The topological polar surface area (TPSA) is 86.8 Å². The molecule has 2 amide bonds. The fourth-order valence-corrected chi connectivity index (χ4v) is 6.93. The second-order valence-electron chi connectivity index (χ2n) is 10.9. The van der Waals surface area contributed by atoms with E-state index >= 15 is 0 Å². The summed E-state index contributed by atoms with van der Waals surface area (Å²) in [6.45, 7) is 3.77. The molecule has 0 bridgehead atoms. The molecular weight excluding hydrogens is 744 g/mol. The van der Waals surface area contributed by atoms with Gasteiger partial charge in [-0.1, -0.05) is 91.6 Å². The summed E-state index contributed by atoms with van der Waals surface area (Å²) in [5.74, 6) is -0.744. The summed E-state index contributed by atoms with van der Waals surface area (Å²) < 4.78 is 30.1. The van der Waals surface area contributed by atoms with Gasteiger partial charge < -0.3 is 10.2 Å². The van der Waals surface area contributed by atoms with Crippen LogP contribution in [-0.4, -0.2) is 44.3 Å². The third-order valence-electron chi connectivity index (χ3n) is 7.04. The Labute approximate surface area is 288 Å². The van der Waals surface area contributed by atoms with Crippen LogP contribution in [0, 0.1) is 9.49 Å². The van der Waals surface area contributed by atoms with E-state index in [9.17, 15) is 18.0 Å². The molecule has 0 aliphatic carbocycles. The fourth-order valence-electron chi connectivity index (χ4n) is 4.67. The second kappa shape index (κ2) is 15.9. The first kappa shape index (κ1) is 34.7. The van der Waals surface area contributed by atoms with E-state index in [0.717, 1.165) is 13.4 Å². The van der Waals surface area contributed by atoms with Crippen LogP contribution in [0.4, 0.5) is 5.69 Å². The van der Waals surface area contributed by atoms with E-state index in [1.807, 2.05) is 44.2 Å². The number of halogens is 3. The van der Waals surface area contributed by atoms with Gasteiger partial charge in [0.25, 0.3) is 10.0 Å². The Hall–Kier alpha value is -3.12. The van der Waals surface area contributed by atoms with Crippen LogP contribution in [0.3, 0.4) is 0 Å². The van der Waals surface area contributed by atoms with Crippen molar-refractivity contribution in [1.29, 1.82) is 0 Å². The zero-order valence-electron chi connectivity index (χ0n) is 24.9. The number of anilines is 1. The van der Waals surface area contributed by atoms with Gasteiger partial charge in [0, 0.05) is 33.1 Å². The Morgan fingerprint density at radius 3 is 2.09 bits per heavy atom. The molecule has 7 nitrogen and oxygen atoms in total. The average molecular weight is 779 g/mol. The first-order valence-electron chi connectivity index (χ1n) is 14.3. The molecule has 0 heterocycles. The molecule has 0 saturated carbocycles. The van der Waals surface area contributed by atoms with Crippen molar-refractivity contribution in [2.45, 2.75) is 37.8 Å². The van der Waals surface area contributed by atoms with E-state index in [1.165, 1.54) is 17.0 Å². The zero-order valence-corrected chi connectivity index (χ0v) is 29.4. The van der Waals surface area contributed by atoms with Gasteiger partial charge in [-0.25, -0.2) is 8.42 Å². The first-order chi connectivity index (χ1) is 21.5. The first-order valence-corrected chi connectivity index (χ1v) is 17.6. The highest BCUT2D eigenvalue weighted by atomic mass is 127.